The molecule has 1 aliphatic rings. The molecular formula is C11H22N4O2. The van der Waals surface area contributed by atoms with E-state index in [1.54, 1.807) is 11.8 Å². The molecule has 98 valence electrons. The lowest BCUT2D eigenvalue weighted by atomic mass is 9.92. The molecule has 0 bridgehead atoms. The Kier molecular flexibility index (Phi) is 4.74. The van der Waals surface area contributed by atoms with E-state index in [1.807, 2.05) is 0 Å². The van der Waals surface area contributed by atoms with Crippen LogP contribution in [0.2, 0.25) is 0 Å². The van der Waals surface area contributed by atoms with Crippen LogP contribution in [-0.2, 0) is 4.79 Å². The average Bonchev–Trinajstić information content (AvgIpc) is 2.27. The fourth-order valence-corrected chi connectivity index (χ4v) is 2.29. The van der Waals surface area contributed by atoms with Crippen LogP contribution in [0.5, 0.6) is 0 Å². The number of nitrogens with two attached hydrogens (primary N) is 2. The summed E-state index contributed by atoms with van der Waals surface area (Å²) in [5.74, 6) is 0.484. The Morgan fingerprint density at radius 3 is 2.71 bits per heavy atom. The predicted octanol–water partition coefficient (Wildman–Crippen LogP) is -0.371. The molecule has 0 aliphatic carbocycles. The van der Waals surface area contributed by atoms with E-state index in [-0.39, 0.29) is 11.9 Å². The first-order chi connectivity index (χ1) is 7.95. The maximum atomic E-state index is 12.1. The molecule has 5 N–H and O–H groups in total. The molecular weight excluding hydrogens is 220 g/mol. The Morgan fingerprint density at radius 1 is 1.53 bits per heavy atom. The minimum atomic E-state index is -0.680. The van der Waals surface area contributed by atoms with Gasteiger partial charge in [0.2, 0.25) is 5.91 Å². The van der Waals surface area contributed by atoms with Gasteiger partial charge >= 0.3 is 6.03 Å². The quantitative estimate of drug-likeness (QED) is 0.629. The third-order valence-electron chi connectivity index (χ3n) is 3.26. The molecule has 0 spiro atoms. The Labute approximate surface area is 102 Å². The molecule has 0 aromatic heterocycles. The fraction of sp³-hybridized carbons (Fsp3) is 0.818. The standard InChI is InChI=1S/C11H22N4O2/c1-7-3-4-15(9(5-7)6-12)10(16)8(2)14-11(13)17/h7-9H,3-6,12H2,1-2H3,(H3,13,14,17). The maximum absolute atomic E-state index is 12.1. The number of piperidine rings is 1. The Hall–Kier alpha value is -1.30. The molecule has 1 rings (SSSR count). The highest BCUT2D eigenvalue weighted by Crippen LogP contribution is 2.22. The van der Waals surface area contributed by atoms with Crippen LogP contribution < -0.4 is 16.8 Å². The molecule has 3 unspecified atom stereocenters. The molecule has 0 aromatic rings. The average molecular weight is 242 g/mol. The highest BCUT2D eigenvalue weighted by atomic mass is 16.2. The number of nitrogens with one attached hydrogen (secondary N) is 1. The molecule has 1 saturated heterocycles. The van der Waals surface area contributed by atoms with Crippen molar-refractivity contribution in [1.82, 2.24) is 10.2 Å². The number of rotatable bonds is 3. The van der Waals surface area contributed by atoms with E-state index in [4.69, 9.17) is 11.5 Å². The van der Waals surface area contributed by atoms with E-state index in [9.17, 15) is 9.59 Å². The molecule has 1 heterocycles. The number of hydrogen-bond donors (Lipinski definition) is 3. The van der Waals surface area contributed by atoms with Crippen molar-refractivity contribution in [3.05, 3.63) is 0 Å². The van der Waals surface area contributed by atoms with Crippen LogP contribution in [0.3, 0.4) is 0 Å². The minimum absolute atomic E-state index is 0.0726. The second kappa shape index (κ2) is 5.86. The number of likely N-dealkylation sites (tertiary alicyclic amines) is 1. The summed E-state index contributed by atoms with van der Waals surface area (Å²) in [4.78, 5) is 24.6. The van der Waals surface area contributed by atoms with E-state index in [0.29, 0.717) is 19.0 Å². The zero-order valence-electron chi connectivity index (χ0n) is 10.5. The lowest BCUT2D eigenvalue weighted by Crippen LogP contribution is -2.55. The summed E-state index contributed by atoms with van der Waals surface area (Å²) in [6, 6.07) is -1.20. The first-order valence-corrected chi connectivity index (χ1v) is 6.02. The Balaban J connectivity index is 2.63. The lowest BCUT2D eigenvalue weighted by Gasteiger charge is -2.39. The second-order valence-corrected chi connectivity index (χ2v) is 4.78. The molecule has 3 amide bonds. The van der Waals surface area contributed by atoms with Crippen molar-refractivity contribution in [2.75, 3.05) is 13.1 Å². The zero-order valence-corrected chi connectivity index (χ0v) is 10.5. The highest BCUT2D eigenvalue weighted by Gasteiger charge is 2.31. The second-order valence-electron chi connectivity index (χ2n) is 4.78. The molecule has 6 nitrogen and oxygen atoms in total. The van der Waals surface area contributed by atoms with Crippen molar-refractivity contribution in [1.29, 1.82) is 0 Å². The van der Waals surface area contributed by atoms with Crippen LogP contribution >= 0.6 is 0 Å². The van der Waals surface area contributed by atoms with Crippen molar-refractivity contribution >= 4 is 11.9 Å². The van der Waals surface area contributed by atoms with Gasteiger partial charge in [0, 0.05) is 19.1 Å². The fourth-order valence-electron chi connectivity index (χ4n) is 2.29. The van der Waals surface area contributed by atoms with Gasteiger partial charge in [-0.3, -0.25) is 4.79 Å². The van der Waals surface area contributed by atoms with Crippen LogP contribution in [0.15, 0.2) is 0 Å². The number of carbonyl (C=O) groups is 2. The zero-order chi connectivity index (χ0) is 13.0. The predicted molar refractivity (Wildman–Crippen MR) is 65.1 cm³/mol. The summed E-state index contributed by atoms with van der Waals surface area (Å²) in [6.45, 7) is 4.96. The van der Waals surface area contributed by atoms with Crippen molar-refractivity contribution in [3.63, 3.8) is 0 Å². The summed E-state index contributed by atoms with van der Waals surface area (Å²) in [5.41, 5.74) is 10.7. The lowest BCUT2D eigenvalue weighted by molar-refractivity contribution is -0.136. The molecule has 6 heteroatoms. The summed E-state index contributed by atoms with van der Waals surface area (Å²) >= 11 is 0. The first-order valence-electron chi connectivity index (χ1n) is 6.02. The number of amides is 3. The third kappa shape index (κ3) is 3.59. The molecule has 0 radical (unpaired) electrons. The largest absolute Gasteiger partial charge is 0.352 e. The van der Waals surface area contributed by atoms with E-state index in [0.717, 1.165) is 12.8 Å². The van der Waals surface area contributed by atoms with Crippen molar-refractivity contribution < 1.29 is 9.59 Å². The van der Waals surface area contributed by atoms with Gasteiger partial charge in [-0.1, -0.05) is 6.92 Å². The number of carbonyl (C=O) groups excluding carboxylic acids is 2. The number of hydrogen-bond acceptors (Lipinski definition) is 3. The number of urea groups is 1. The van der Waals surface area contributed by atoms with Gasteiger partial charge in [-0.2, -0.15) is 0 Å². The van der Waals surface area contributed by atoms with Crippen molar-refractivity contribution in [3.8, 4) is 0 Å². The summed E-state index contributed by atoms with van der Waals surface area (Å²) in [6.07, 6.45) is 1.90. The van der Waals surface area contributed by atoms with Crippen LogP contribution in [0.25, 0.3) is 0 Å². The third-order valence-corrected chi connectivity index (χ3v) is 3.26. The highest BCUT2D eigenvalue weighted by molar-refractivity contribution is 5.86. The molecule has 3 atom stereocenters. The van der Waals surface area contributed by atoms with E-state index in [2.05, 4.69) is 12.2 Å². The van der Waals surface area contributed by atoms with Gasteiger partial charge in [-0.05, 0) is 25.7 Å². The summed E-state index contributed by atoms with van der Waals surface area (Å²) in [7, 11) is 0. The van der Waals surface area contributed by atoms with Gasteiger partial charge in [0.15, 0.2) is 0 Å². The smallest absolute Gasteiger partial charge is 0.312 e. The summed E-state index contributed by atoms with van der Waals surface area (Å²) in [5, 5.41) is 2.40. The van der Waals surface area contributed by atoms with Gasteiger partial charge in [0.25, 0.3) is 0 Å². The van der Waals surface area contributed by atoms with Gasteiger partial charge in [-0.15, -0.1) is 0 Å². The monoisotopic (exact) mass is 242 g/mol. The van der Waals surface area contributed by atoms with E-state index in [1.165, 1.54) is 0 Å². The van der Waals surface area contributed by atoms with E-state index >= 15 is 0 Å². The van der Waals surface area contributed by atoms with Gasteiger partial charge in [0.05, 0.1) is 0 Å². The Morgan fingerprint density at radius 2 is 2.18 bits per heavy atom. The molecule has 0 saturated carbocycles. The minimum Gasteiger partial charge on any atom is -0.352 e. The van der Waals surface area contributed by atoms with Gasteiger partial charge < -0.3 is 21.7 Å². The van der Waals surface area contributed by atoms with Gasteiger partial charge in [-0.25, -0.2) is 4.79 Å². The number of nitrogens with zero attached hydrogens (tertiary/aromatic N) is 1. The van der Waals surface area contributed by atoms with Gasteiger partial charge in [0.1, 0.15) is 6.04 Å². The van der Waals surface area contributed by atoms with Crippen LogP contribution in [0.1, 0.15) is 26.7 Å². The van der Waals surface area contributed by atoms with Crippen LogP contribution in [0, 0.1) is 5.92 Å². The summed E-state index contributed by atoms with van der Waals surface area (Å²) < 4.78 is 0. The van der Waals surface area contributed by atoms with Crippen molar-refractivity contribution in [2.24, 2.45) is 17.4 Å². The SMILES string of the molecule is CC1CCN(C(=O)C(C)NC(N)=O)C(CN)C1. The first kappa shape index (κ1) is 13.8. The van der Waals surface area contributed by atoms with Crippen LogP contribution in [-0.4, -0.2) is 42.0 Å². The topological polar surface area (TPSA) is 101 Å². The van der Waals surface area contributed by atoms with E-state index < -0.39 is 12.1 Å². The molecule has 1 aliphatic heterocycles. The van der Waals surface area contributed by atoms with Crippen molar-refractivity contribution in [2.45, 2.75) is 38.8 Å². The van der Waals surface area contributed by atoms with Crippen LogP contribution in [0.4, 0.5) is 4.79 Å². The number of primary amides is 1. The normalized spacial score (nSPS) is 26.4. The molecule has 1 fully saturated rings. The molecule has 17 heavy (non-hydrogen) atoms. The Bertz CT molecular complexity index is 295. The maximum Gasteiger partial charge on any atom is 0.312 e. The molecule has 0 aromatic carbocycles.